The zero-order valence-corrected chi connectivity index (χ0v) is 11.6. The maximum absolute atomic E-state index is 11.7. The summed E-state index contributed by atoms with van der Waals surface area (Å²) in [5.74, 6) is 0.336. The largest absolute Gasteiger partial charge is 0.337 e. The Labute approximate surface area is 116 Å². The normalized spacial score (nSPS) is 11.8. The molecule has 0 saturated heterocycles. The van der Waals surface area contributed by atoms with Crippen LogP contribution in [0.2, 0.25) is 0 Å². The maximum Gasteiger partial charge on any atom is 0.321 e. The topological polar surface area (TPSA) is 54.0 Å². The number of anilines is 1. The first kappa shape index (κ1) is 13.5. The van der Waals surface area contributed by atoms with Gasteiger partial charge in [-0.2, -0.15) is 0 Å². The zero-order chi connectivity index (χ0) is 13.5. The molecule has 1 unspecified atom stereocenters. The Morgan fingerprint density at radius 1 is 1.37 bits per heavy atom. The number of benzene rings is 1. The summed E-state index contributed by atoms with van der Waals surface area (Å²) in [5.41, 5.74) is 1.25. The van der Waals surface area contributed by atoms with Crippen LogP contribution >= 0.6 is 11.3 Å². The van der Waals surface area contributed by atoms with Gasteiger partial charge in [0.15, 0.2) is 5.13 Å². The number of nitrogens with zero attached hydrogens (tertiary/aromatic N) is 1. The fraction of sp³-hybridized carbons (Fsp3) is 0.286. The van der Waals surface area contributed by atoms with E-state index in [1.165, 1.54) is 16.9 Å². The summed E-state index contributed by atoms with van der Waals surface area (Å²) in [4.78, 5) is 15.7. The van der Waals surface area contributed by atoms with Gasteiger partial charge in [-0.05, 0) is 12.0 Å². The molecule has 2 aromatic rings. The van der Waals surface area contributed by atoms with E-state index in [0.29, 0.717) is 17.6 Å². The van der Waals surface area contributed by atoms with E-state index in [2.05, 4.69) is 34.7 Å². The van der Waals surface area contributed by atoms with E-state index in [1.54, 1.807) is 6.20 Å². The fourth-order valence-electron chi connectivity index (χ4n) is 1.87. The van der Waals surface area contributed by atoms with Crippen molar-refractivity contribution in [3.8, 4) is 0 Å². The Kier molecular flexibility index (Phi) is 4.92. The molecule has 0 fully saturated rings. The summed E-state index contributed by atoms with van der Waals surface area (Å²) in [6.45, 7) is 2.75. The van der Waals surface area contributed by atoms with Crippen LogP contribution in [0.4, 0.5) is 9.93 Å². The van der Waals surface area contributed by atoms with Crippen LogP contribution in [0.25, 0.3) is 0 Å². The lowest BCUT2D eigenvalue weighted by Crippen LogP contribution is -2.32. The Hall–Kier alpha value is -1.88. The van der Waals surface area contributed by atoms with Gasteiger partial charge in [0, 0.05) is 24.0 Å². The van der Waals surface area contributed by atoms with Gasteiger partial charge in [-0.3, -0.25) is 5.32 Å². The monoisotopic (exact) mass is 275 g/mol. The Morgan fingerprint density at radius 3 is 2.79 bits per heavy atom. The number of thiazole rings is 1. The number of nitrogens with one attached hydrogen (secondary N) is 2. The molecule has 4 nitrogen and oxygen atoms in total. The van der Waals surface area contributed by atoms with Crippen molar-refractivity contribution < 1.29 is 4.79 Å². The lowest BCUT2D eigenvalue weighted by molar-refractivity contribution is 0.251. The van der Waals surface area contributed by atoms with E-state index in [9.17, 15) is 4.79 Å². The third kappa shape index (κ3) is 4.06. The molecular formula is C14H17N3OS. The maximum atomic E-state index is 11.7. The second kappa shape index (κ2) is 6.89. The van der Waals surface area contributed by atoms with Crippen LogP contribution in [0.15, 0.2) is 41.9 Å². The van der Waals surface area contributed by atoms with Gasteiger partial charge in [0.2, 0.25) is 0 Å². The first-order valence-electron chi connectivity index (χ1n) is 6.29. The van der Waals surface area contributed by atoms with E-state index >= 15 is 0 Å². The van der Waals surface area contributed by atoms with Crippen molar-refractivity contribution in [1.82, 2.24) is 10.3 Å². The van der Waals surface area contributed by atoms with Gasteiger partial charge in [-0.25, -0.2) is 9.78 Å². The van der Waals surface area contributed by atoms with E-state index in [0.717, 1.165) is 6.42 Å². The van der Waals surface area contributed by atoms with Crippen LogP contribution in [0.1, 0.15) is 24.8 Å². The van der Waals surface area contributed by atoms with Gasteiger partial charge in [0.05, 0.1) is 0 Å². The molecule has 100 valence electrons. The van der Waals surface area contributed by atoms with Crippen molar-refractivity contribution in [2.45, 2.75) is 19.3 Å². The highest BCUT2D eigenvalue weighted by molar-refractivity contribution is 7.13. The molecule has 1 aromatic carbocycles. The second-order valence-electron chi connectivity index (χ2n) is 4.19. The first-order valence-corrected chi connectivity index (χ1v) is 7.17. The lowest BCUT2D eigenvalue weighted by atomic mass is 9.97. The molecule has 1 heterocycles. The number of aromatic nitrogens is 1. The van der Waals surface area contributed by atoms with Gasteiger partial charge >= 0.3 is 6.03 Å². The summed E-state index contributed by atoms with van der Waals surface area (Å²) in [6, 6.07) is 10.0. The second-order valence-corrected chi connectivity index (χ2v) is 5.08. The van der Waals surface area contributed by atoms with E-state index in [1.807, 2.05) is 23.6 Å². The quantitative estimate of drug-likeness (QED) is 0.878. The van der Waals surface area contributed by atoms with Crippen molar-refractivity contribution in [1.29, 1.82) is 0 Å². The number of rotatable bonds is 5. The highest BCUT2D eigenvalue weighted by Gasteiger charge is 2.11. The fourth-order valence-corrected chi connectivity index (χ4v) is 2.39. The smallest absolute Gasteiger partial charge is 0.321 e. The molecule has 1 aromatic heterocycles. The molecule has 0 saturated carbocycles. The average Bonchev–Trinajstić information content (AvgIpc) is 2.93. The van der Waals surface area contributed by atoms with Crippen molar-refractivity contribution in [2.75, 3.05) is 11.9 Å². The number of urea groups is 1. The van der Waals surface area contributed by atoms with Crippen molar-refractivity contribution in [3.05, 3.63) is 47.5 Å². The molecule has 0 bridgehead atoms. The van der Waals surface area contributed by atoms with Gasteiger partial charge in [-0.15, -0.1) is 11.3 Å². The third-order valence-electron chi connectivity index (χ3n) is 2.93. The minimum absolute atomic E-state index is 0.204. The van der Waals surface area contributed by atoms with Gasteiger partial charge in [0.1, 0.15) is 0 Å². The van der Waals surface area contributed by atoms with E-state index < -0.39 is 0 Å². The summed E-state index contributed by atoms with van der Waals surface area (Å²) < 4.78 is 0. The predicted octanol–water partition coefficient (Wildman–Crippen LogP) is 3.46. The summed E-state index contributed by atoms with van der Waals surface area (Å²) >= 11 is 1.40. The number of carbonyl (C=O) groups is 1. The summed E-state index contributed by atoms with van der Waals surface area (Å²) in [5, 5.41) is 8.04. The van der Waals surface area contributed by atoms with Crippen molar-refractivity contribution >= 4 is 22.5 Å². The Balaban J connectivity index is 1.85. The minimum Gasteiger partial charge on any atom is -0.337 e. The summed E-state index contributed by atoms with van der Waals surface area (Å²) in [7, 11) is 0. The van der Waals surface area contributed by atoms with E-state index in [4.69, 9.17) is 0 Å². The molecule has 2 rings (SSSR count). The molecule has 19 heavy (non-hydrogen) atoms. The third-order valence-corrected chi connectivity index (χ3v) is 3.61. The van der Waals surface area contributed by atoms with E-state index in [-0.39, 0.29) is 6.03 Å². The molecule has 2 amide bonds. The molecule has 0 radical (unpaired) electrons. The molecule has 5 heteroatoms. The molecular weight excluding hydrogens is 258 g/mol. The van der Waals surface area contributed by atoms with Crippen LogP contribution in [0, 0.1) is 0 Å². The van der Waals surface area contributed by atoms with Gasteiger partial charge in [0.25, 0.3) is 0 Å². The van der Waals surface area contributed by atoms with Crippen LogP contribution in [0.5, 0.6) is 0 Å². The van der Waals surface area contributed by atoms with Crippen LogP contribution in [-0.2, 0) is 0 Å². The number of carbonyl (C=O) groups excluding carboxylic acids is 1. The SMILES string of the molecule is CCC(CNC(=O)Nc1nccs1)c1ccccc1. The van der Waals surface area contributed by atoms with Crippen LogP contribution in [-0.4, -0.2) is 17.6 Å². The standard InChI is InChI=1S/C14H17N3OS/c1-2-11(12-6-4-3-5-7-12)10-16-13(18)17-14-15-8-9-19-14/h3-9,11H,2,10H2,1H3,(H2,15,16,17,18). The number of amides is 2. The van der Waals surface area contributed by atoms with Gasteiger partial charge < -0.3 is 5.32 Å². The van der Waals surface area contributed by atoms with Crippen LogP contribution in [0.3, 0.4) is 0 Å². The number of hydrogen-bond donors (Lipinski definition) is 2. The van der Waals surface area contributed by atoms with Crippen LogP contribution < -0.4 is 10.6 Å². The highest BCUT2D eigenvalue weighted by atomic mass is 32.1. The average molecular weight is 275 g/mol. The lowest BCUT2D eigenvalue weighted by Gasteiger charge is -2.16. The zero-order valence-electron chi connectivity index (χ0n) is 10.8. The Bertz CT molecular complexity index is 499. The van der Waals surface area contributed by atoms with Gasteiger partial charge in [-0.1, -0.05) is 37.3 Å². The van der Waals surface area contributed by atoms with Crippen molar-refractivity contribution in [2.24, 2.45) is 0 Å². The van der Waals surface area contributed by atoms with Crippen molar-refractivity contribution in [3.63, 3.8) is 0 Å². The molecule has 1 atom stereocenters. The Morgan fingerprint density at radius 2 is 2.16 bits per heavy atom. The molecule has 0 spiro atoms. The number of hydrogen-bond acceptors (Lipinski definition) is 3. The molecule has 0 aliphatic heterocycles. The highest BCUT2D eigenvalue weighted by Crippen LogP contribution is 2.18. The minimum atomic E-state index is -0.204. The summed E-state index contributed by atoms with van der Waals surface area (Å²) in [6.07, 6.45) is 2.65. The molecule has 0 aliphatic rings. The first-order chi connectivity index (χ1) is 9.29. The molecule has 0 aliphatic carbocycles. The predicted molar refractivity (Wildman–Crippen MR) is 78.6 cm³/mol. The molecule has 2 N–H and O–H groups in total.